The number of hydrogen-bond donors (Lipinski definition) is 0. The van der Waals surface area contributed by atoms with Gasteiger partial charge in [-0.3, -0.25) is 18.9 Å². The molecule has 1 atom stereocenters. The van der Waals surface area contributed by atoms with Crippen LogP contribution in [-0.4, -0.2) is 37.6 Å². The Kier molecular flexibility index (Phi) is 6.27. The molecule has 0 aliphatic carbocycles. The zero-order chi connectivity index (χ0) is 23.8. The molecule has 3 aromatic rings. The minimum absolute atomic E-state index is 0.179. The van der Waals surface area contributed by atoms with Gasteiger partial charge in [0.1, 0.15) is 15.8 Å². The van der Waals surface area contributed by atoms with E-state index in [0.717, 1.165) is 31.5 Å². The highest BCUT2D eigenvalue weighted by molar-refractivity contribution is 8.26. The minimum atomic E-state index is -0.196. The van der Waals surface area contributed by atoms with E-state index in [1.165, 1.54) is 16.2 Å². The number of thioether (sulfide) groups is 1. The molecule has 1 aromatic carbocycles. The first kappa shape index (κ1) is 22.8. The lowest BCUT2D eigenvalue weighted by Crippen LogP contribution is -2.36. The van der Waals surface area contributed by atoms with Crippen molar-refractivity contribution in [3.8, 4) is 0 Å². The number of piperidine rings is 1. The topological polar surface area (TPSA) is 57.9 Å². The number of anilines is 1. The van der Waals surface area contributed by atoms with Crippen molar-refractivity contribution >= 4 is 51.7 Å². The minimum Gasteiger partial charge on any atom is -0.356 e. The fourth-order valence-corrected chi connectivity index (χ4v) is 5.90. The molecule has 0 bridgehead atoms. The molecule has 0 radical (unpaired) electrons. The number of aromatic nitrogens is 2. The Bertz CT molecular complexity index is 1340. The molecule has 4 heterocycles. The smallest absolute Gasteiger partial charge is 0.267 e. The number of benzene rings is 1. The normalized spacial score (nSPS) is 19.4. The number of hydrogen-bond acceptors (Lipinski definition) is 6. The number of nitrogens with zero attached hydrogens (tertiary/aromatic N) is 4. The summed E-state index contributed by atoms with van der Waals surface area (Å²) in [6.45, 7) is 5.89. The summed E-state index contributed by atoms with van der Waals surface area (Å²) < 4.78 is 2.03. The average Bonchev–Trinajstić information content (AvgIpc) is 3.14. The van der Waals surface area contributed by atoms with E-state index < -0.39 is 0 Å². The van der Waals surface area contributed by atoms with Crippen LogP contribution in [0.15, 0.2) is 64.4 Å². The van der Waals surface area contributed by atoms with Crippen LogP contribution in [0, 0.1) is 5.92 Å². The Hall–Kier alpha value is -2.97. The van der Waals surface area contributed by atoms with E-state index in [4.69, 9.17) is 17.2 Å². The van der Waals surface area contributed by atoms with Gasteiger partial charge < -0.3 is 4.90 Å². The first-order valence-corrected chi connectivity index (χ1v) is 12.7. The van der Waals surface area contributed by atoms with Gasteiger partial charge in [-0.25, -0.2) is 4.98 Å². The van der Waals surface area contributed by atoms with Crippen LogP contribution < -0.4 is 10.5 Å². The highest BCUT2D eigenvalue weighted by atomic mass is 32.2. The van der Waals surface area contributed by atoms with E-state index >= 15 is 0 Å². The molecular weight excluding hydrogens is 464 g/mol. The fourth-order valence-electron chi connectivity index (χ4n) is 4.50. The van der Waals surface area contributed by atoms with Crippen molar-refractivity contribution in [1.82, 2.24) is 14.3 Å². The van der Waals surface area contributed by atoms with Gasteiger partial charge in [0.2, 0.25) is 0 Å². The SMILES string of the molecule is CC1CCN(c2nc3ccccn3c(=O)c2/C=C2\SC(=S)N(C(C)c3ccccc3)C2=O)CC1. The number of thiocarbonyl (C=S) groups is 1. The molecule has 8 heteroatoms. The molecule has 2 aromatic heterocycles. The second kappa shape index (κ2) is 9.35. The van der Waals surface area contributed by atoms with Crippen LogP contribution in [0.4, 0.5) is 5.82 Å². The molecule has 2 aliphatic heterocycles. The van der Waals surface area contributed by atoms with Crippen LogP contribution in [0.3, 0.4) is 0 Å². The maximum atomic E-state index is 13.6. The summed E-state index contributed by atoms with van der Waals surface area (Å²) in [6, 6.07) is 15.1. The van der Waals surface area contributed by atoms with Gasteiger partial charge in [-0.2, -0.15) is 0 Å². The van der Waals surface area contributed by atoms with Gasteiger partial charge in [0.25, 0.3) is 11.5 Å². The fraction of sp³-hybridized carbons (Fsp3) is 0.308. The predicted octanol–water partition coefficient (Wildman–Crippen LogP) is 4.89. The van der Waals surface area contributed by atoms with Crippen LogP contribution in [0.2, 0.25) is 0 Å². The summed E-state index contributed by atoms with van der Waals surface area (Å²) in [4.78, 5) is 36.1. The molecule has 2 saturated heterocycles. The molecule has 0 saturated carbocycles. The second-order valence-corrected chi connectivity index (χ2v) is 10.6. The van der Waals surface area contributed by atoms with Crippen molar-refractivity contribution < 1.29 is 4.79 Å². The van der Waals surface area contributed by atoms with Crippen molar-refractivity contribution in [1.29, 1.82) is 0 Å². The molecule has 1 amide bonds. The summed E-state index contributed by atoms with van der Waals surface area (Å²) in [5.41, 5.74) is 1.87. The van der Waals surface area contributed by atoms with Crippen molar-refractivity contribution in [3.05, 3.63) is 81.1 Å². The van der Waals surface area contributed by atoms with Crippen molar-refractivity contribution in [2.45, 2.75) is 32.7 Å². The van der Waals surface area contributed by atoms with Crippen LogP contribution in [0.1, 0.15) is 43.9 Å². The Morgan fingerprint density at radius 3 is 2.53 bits per heavy atom. The maximum Gasteiger partial charge on any atom is 0.267 e. The van der Waals surface area contributed by atoms with Gasteiger partial charge in [-0.05, 0) is 49.5 Å². The van der Waals surface area contributed by atoms with Crippen LogP contribution in [0.5, 0.6) is 0 Å². The standard InChI is InChI=1S/C26H26N4O2S2/c1-17-11-14-28(15-12-17)23-20(24(31)29-13-7-6-10-22(29)27-23)16-21-25(32)30(26(33)34-21)18(2)19-8-4-3-5-9-19/h3-10,13,16-18H,11-12,14-15H2,1-2H3/b21-16-. The quantitative estimate of drug-likeness (QED) is 0.383. The summed E-state index contributed by atoms with van der Waals surface area (Å²) >= 11 is 6.83. The molecule has 2 fully saturated rings. The molecule has 34 heavy (non-hydrogen) atoms. The number of fused-ring (bicyclic) bond motifs is 1. The highest BCUT2D eigenvalue weighted by Crippen LogP contribution is 2.38. The van der Waals surface area contributed by atoms with E-state index in [1.807, 2.05) is 55.5 Å². The third-order valence-electron chi connectivity index (χ3n) is 6.60. The van der Waals surface area contributed by atoms with Gasteiger partial charge in [-0.1, -0.05) is 67.3 Å². The average molecular weight is 491 g/mol. The van der Waals surface area contributed by atoms with Gasteiger partial charge >= 0.3 is 0 Å². The Labute approximate surface area is 208 Å². The second-order valence-electron chi connectivity index (χ2n) is 8.89. The molecule has 2 aliphatic rings. The largest absolute Gasteiger partial charge is 0.356 e. The number of pyridine rings is 1. The van der Waals surface area contributed by atoms with E-state index in [-0.39, 0.29) is 17.5 Å². The summed E-state index contributed by atoms with van der Waals surface area (Å²) in [5, 5.41) is 0. The Balaban J connectivity index is 1.57. The lowest BCUT2D eigenvalue weighted by molar-refractivity contribution is -0.123. The highest BCUT2D eigenvalue weighted by Gasteiger charge is 2.36. The van der Waals surface area contributed by atoms with Crippen LogP contribution >= 0.6 is 24.0 Å². The van der Waals surface area contributed by atoms with Gasteiger partial charge in [0.15, 0.2) is 0 Å². The summed E-state index contributed by atoms with van der Waals surface area (Å²) in [7, 11) is 0. The van der Waals surface area contributed by atoms with Gasteiger partial charge in [0.05, 0.1) is 16.5 Å². The molecule has 0 N–H and O–H groups in total. The first-order valence-electron chi connectivity index (χ1n) is 11.5. The molecule has 5 rings (SSSR count). The Morgan fingerprint density at radius 2 is 1.79 bits per heavy atom. The number of carbonyl (C=O) groups is 1. The van der Waals surface area contributed by atoms with E-state index in [9.17, 15) is 9.59 Å². The zero-order valence-corrected chi connectivity index (χ0v) is 20.8. The number of amides is 1. The first-order chi connectivity index (χ1) is 16.4. The van der Waals surface area contributed by atoms with E-state index in [1.54, 1.807) is 17.2 Å². The molecule has 174 valence electrons. The third-order valence-corrected chi connectivity index (χ3v) is 7.93. The maximum absolute atomic E-state index is 13.6. The molecule has 6 nitrogen and oxygen atoms in total. The van der Waals surface area contributed by atoms with Crippen molar-refractivity contribution in [2.24, 2.45) is 5.92 Å². The van der Waals surface area contributed by atoms with Crippen molar-refractivity contribution in [2.75, 3.05) is 18.0 Å². The van der Waals surface area contributed by atoms with Crippen molar-refractivity contribution in [3.63, 3.8) is 0 Å². The third kappa shape index (κ3) is 4.16. The van der Waals surface area contributed by atoms with Crippen LogP contribution in [0.25, 0.3) is 11.7 Å². The van der Waals surface area contributed by atoms with Gasteiger partial charge in [0, 0.05) is 19.3 Å². The predicted molar refractivity (Wildman–Crippen MR) is 142 cm³/mol. The lowest BCUT2D eigenvalue weighted by Gasteiger charge is -2.32. The summed E-state index contributed by atoms with van der Waals surface area (Å²) in [6.07, 6.45) is 5.50. The van der Waals surface area contributed by atoms with Crippen LogP contribution in [-0.2, 0) is 4.79 Å². The molecule has 0 spiro atoms. The Morgan fingerprint density at radius 1 is 1.09 bits per heavy atom. The summed E-state index contributed by atoms with van der Waals surface area (Å²) in [5.74, 6) is 1.11. The monoisotopic (exact) mass is 490 g/mol. The lowest BCUT2D eigenvalue weighted by atomic mass is 9.99. The van der Waals surface area contributed by atoms with Gasteiger partial charge in [-0.15, -0.1) is 0 Å². The number of carbonyl (C=O) groups excluding carboxylic acids is 1. The molecule has 1 unspecified atom stereocenters. The number of rotatable bonds is 4. The molecular formula is C26H26N4O2S2. The van der Waals surface area contributed by atoms with E-state index in [0.29, 0.717) is 32.2 Å². The van der Waals surface area contributed by atoms with E-state index in [2.05, 4.69) is 11.8 Å². The zero-order valence-electron chi connectivity index (χ0n) is 19.2.